The second-order valence-electron chi connectivity index (χ2n) is 3.54. The van der Waals surface area contributed by atoms with Crippen LogP contribution in [0.3, 0.4) is 0 Å². The van der Waals surface area contributed by atoms with Gasteiger partial charge in [-0.3, -0.25) is 0 Å². The molecule has 15 heavy (non-hydrogen) atoms. The molecule has 1 unspecified atom stereocenters. The van der Waals surface area contributed by atoms with Crippen LogP contribution in [0.4, 0.5) is 0 Å². The van der Waals surface area contributed by atoms with Gasteiger partial charge in [0.05, 0.1) is 0 Å². The number of aliphatic hydroxyl groups is 2. The van der Waals surface area contributed by atoms with E-state index in [-0.39, 0.29) is 5.30 Å². The summed E-state index contributed by atoms with van der Waals surface area (Å²) in [7, 11) is -5.37. The minimum atomic E-state index is -5.37. The average molecular weight is 234 g/mol. The molecule has 1 aromatic rings. The predicted molar refractivity (Wildman–Crippen MR) is 57.5 cm³/mol. The molecule has 0 aliphatic rings. The van der Waals surface area contributed by atoms with Gasteiger partial charge in [-0.25, -0.2) is 0 Å². The van der Waals surface area contributed by atoms with Gasteiger partial charge in [-0.05, 0) is 0 Å². The molecule has 0 aliphatic heterocycles. The molecular formula is C9H15O5P. The third-order valence-electron chi connectivity index (χ3n) is 2.24. The Morgan fingerprint density at radius 1 is 1.13 bits per heavy atom. The summed E-state index contributed by atoms with van der Waals surface area (Å²) in [5.74, 6) is -1.97. The molecule has 6 heteroatoms. The van der Waals surface area contributed by atoms with Gasteiger partial charge in [0.15, 0.2) is 0 Å². The standard InChI is InChI=1S/C9H15O5P/c1-7-2-4-8(5-3-7)15(12,13,14)9(11)6-10/h2-5,9-14H,6H2,1H3. The van der Waals surface area contributed by atoms with Gasteiger partial charge in [-0.1, -0.05) is 0 Å². The summed E-state index contributed by atoms with van der Waals surface area (Å²) >= 11 is 0. The van der Waals surface area contributed by atoms with Gasteiger partial charge in [-0.15, -0.1) is 0 Å². The van der Waals surface area contributed by atoms with Gasteiger partial charge in [0.2, 0.25) is 0 Å². The Balaban J connectivity index is 3.19. The molecule has 1 atom stereocenters. The van der Waals surface area contributed by atoms with E-state index in [1.54, 1.807) is 19.1 Å². The van der Waals surface area contributed by atoms with E-state index in [2.05, 4.69) is 0 Å². The van der Waals surface area contributed by atoms with Crippen molar-refractivity contribution in [2.45, 2.75) is 12.8 Å². The first kappa shape index (κ1) is 12.5. The fourth-order valence-corrected chi connectivity index (χ4v) is 2.52. The van der Waals surface area contributed by atoms with Gasteiger partial charge < -0.3 is 0 Å². The first-order valence-electron chi connectivity index (χ1n) is 4.39. The SMILES string of the molecule is Cc1ccc(P(O)(O)(O)C(O)CO)cc1. The molecule has 5 N–H and O–H groups in total. The Labute approximate surface area is 87.4 Å². The summed E-state index contributed by atoms with van der Waals surface area (Å²) < 4.78 is 0. The summed E-state index contributed by atoms with van der Waals surface area (Å²) in [6.45, 7) is 0.878. The molecule has 0 amide bonds. The van der Waals surface area contributed by atoms with Gasteiger partial charge in [0.1, 0.15) is 0 Å². The van der Waals surface area contributed by atoms with Crippen LogP contribution in [0.15, 0.2) is 24.3 Å². The first-order valence-corrected chi connectivity index (χ1v) is 6.55. The number of hydrogen-bond acceptors (Lipinski definition) is 5. The van der Waals surface area contributed by atoms with Gasteiger partial charge in [-0.2, -0.15) is 0 Å². The molecule has 0 spiro atoms. The summed E-state index contributed by atoms with van der Waals surface area (Å²) in [5, 5.41) is 17.7. The number of rotatable bonds is 3. The summed E-state index contributed by atoms with van der Waals surface area (Å²) in [4.78, 5) is 28.9. The van der Waals surface area contributed by atoms with E-state index in [4.69, 9.17) is 5.11 Å². The third kappa shape index (κ3) is 2.34. The molecule has 0 heterocycles. The molecule has 5 nitrogen and oxygen atoms in total. The molecule has 86 valence electrons. The van der Waals surface area contributed by atoms with E-state index in [0.29, 0.717) is 0 Å². The van der Waals surface area contributed by atoms with E-state index in [1.165, 1.54) is 12.1 Å². The first-order chi connectivity index (χ1) is 6.76. The Kier molecular flexibility index (Phi) is 3.16. The Morgan fingerprint density at radius 2 is 1.60 bits per heavy atom. The number of benzene rings is 1. The van der Waals surface area contributed by atoms with Crippen LogP contribution in [0, 0.1) is 6.92 Å². The van der Waals surface area contributed by atoms with Crippen molar-refractivity contribution in [3.8, 4) is 0 Å². The topological polar surface area (TPSA) is 101 Å². The summed E-state index contributed by atoms with van der Waals surface area (Å²) in [6, 6.07) is 5.77. The zero-order valence-electron chi connectivity index (χ0n) is 8.28. The van der Waals surface area contributed by atoms with Crippen molar-refractivity contribution < 1.29 is 24.9 Å². The van der Waals surface area contributed by atoms with Crippen LogP contribution in [0.2, 0.25) is 0 Å². The number of aryl methyl sites for hydroxylation is 1. The van der Waals surface area contributed by atoms with Crippen LogP contribution < -0.4 is 5.30 Å². The predicted octanol–water partition coefficient (Wildman–Crippen LogP) is -0.794. The van der Waals surface area contributed by atoms with Crippen molar-refractivity contribution in [1.82, 2.24) is 0 Å². The monoisotopic (exact) mass is 234 g/mol. The fourth-order valence-electron chi connectivity index (χ4n) is 1.15. The molecule has 0 aromatic heterocycles. The number of aliphatic hydroxyl groups excluding tert-OH is 2. The fraction of sp³-hybridized carbons (Fsp3) is 0.333. The normalized spacial score (nSPS) is 16.8. The second kappa shape index (κ2) is 3.79. The molecule has 0 saturated heterocycles. The molecule has 0 saturated carbocycles. The van der Waals surface area contributed by atoms with Gasteiger partial charge in [0.25, 0.3) is 0 Å². The summed E-state index contributed by atoms with van der Waals surface area (Å²) in [6.07, 6.45) is 0. The van der Waals surface area contributed by atoms with Crippen LogP contribution in [0.5, 0.6) is 0 Å². The van der Waals surface area contributed by atoms with Crippen LogP contribution in [-0.2, 0) is 0 Å². The van der Waals surface area contributed by atoms with Gasteiger partial charge >= 0.3 is 86.7 Å². The zero-order chi connectivity index (χ0) is 11.7. The van der Waals surface area contributed by atoms with E-state index in [1.807, 2.05) is 0 Å². The molecule has 1 aromatic carbocycles. The van der Waals surface area contributed by atoms with E-state index < -0.39 is 19.7 Å². The Morgan fingerprint density at radius 3 is 2.00 bits per heavy atom. The second-order valence-corrected chi connectivity index (χ2v) is 6.74. The maximum absolute atomic E-state index is 9.64. The molecule has 0 bridgehead atoms. The molecule has 1 rings (SSSR count). The van der Waals surface area contributed by atoms with Crippen LogP contribution in [0.25, 0.3) is 0 Å². The van der Waals surface area contributed by atoms with Crippen molar-refractivity contribution in [2.75, 3.05) is 6.61 Å². The quantitative estimate of drug-likeness (QED) is 0.441. The van der Waals surface area contributed by atoms with Crippen molar-refractivity contribution in [2.24, 2.45) is 0 Å². The van der Waals surface area contributed by atoms with Crippen molar-refractivity contribution in [3.63, 3.8) is 0 Å². The number of hydrogen-bond donors (Lipinski definition) is 5. The third-order valence-corrected chi connectivity index (χ3v) is 4.79. The Bertz CT molecular complexity index is 340. The average Bonchev–Trinajstić information content (AvgIpc) is 2.16. The molecule has 0 radical (unpaired) electrons. The summed E-state index contributed by atoms with van der Waals surface area (Å²) in [5.41, 5.74) is 0.879. The van der Waals surface area contributed by atoms with E-state index in [0.717, 1.165) is 5.56 Å². The van der Waals surface area contributed by atoms with E-state index >= 15 is 0 Å². The van der Waals surface area contributed by atoms with Gasteiger partial charge in [0, 0.05) is 0 Å². The van der Waals surface area contributed by atoms with E-state index in [9.17, 15) is 19.8 Å². The van der Waals surface area contributed by atoms with Crippen molar-refractivity contribution in [3.05, 3.63) is 29.8 Å². The van der Waals surface area contributed by atoms with Crippen molar-refractivity contribution in [1.29, 1.82) is 0 Å². The Hall–Kier alpha value is -0.550. The minimum absolute atomic E-state index is 0.173. The van der Waals surface area contributed by atoms with Crippen LogP contribution in [-0.4, -0.2) is 37.3 Å². The molecule has 0 aliphatic carbocycles. The molecule has 0 fully saturated rings. The van der Waals surface area contributed by atoms with Crippen LogP contribution in [0.1, 0.15) is 5.56 Å². The van der Waals surface area contributed by atoms with Crippen LogP contribution >= 0.6 is 7.28 Å². The van der Waals surface area contributed by atoms with Crippen molar-refractivity contribution >= 4 is 12.6 Å². The maximum atomic E-state index is 9.64. The molecular weight excluding hydrogens is 219 g/mol. The zero-order valence-corrected chi connectivity index (χ0v) is 9.17.